The number of piperidine rings is 1. The van der Waals surface area contributed by atoms with Crippen LogP contribution in [0.1, 0.15) is 24.7 Å². The molecular weight excluding hydrogens is 323 g/mol. The Labute approximate surface area is 136 Å². The van der Waals surface area contributed by atoms with E-state index in [9.17, 15) is 18.0 Å². The van der Waals surface area contributed by atoms with Gasteiger partial charge in [-0.2, -0.15) is 13.2 Å². The molecule has 1 aromatic carbocycles. The first-order valence-electron chi connectivity index (χ1n) is 7.87. The summed E-state index contributed by atoms with van der Waals surface area (Å²) in [7, 11) is 0. The molecule has 2 heterocycles. The van der Waals surface area contributed by atoms with Gasteiger partial charge in [0.25, 0.3) is 0 Å². The summed E-state index contributed by atoms with van der Waals surface area (Å²) >= 11 is 0. The van der Waals surface area contributed by atoms with Gasteiger partial charge in [0, 0.05) is 12.5 Å². The van der Waals surface area contributed by atoms with Crippen molar-refractivity contribution in [3.63, 3.8) is 0 Å². The maximum absolute atomic E-state index is 12.2. The summed E-state index contributed by atoms with van der Waals surface area (Å²) in [6.45, 7) is 1.44. The number of fused-ring (bicyclic) bond motifs is 1. The molecule has 0 aliphatic carbocycles. The van der Waals surface area contributed by atoms with Gasteiger partial charge in [-0.15, -0.1) is 0 Å². The summed E-state index contributed by atoms with van der Waals surface area (Å²) in [5.74, 6) is -1.51. The second kappa shape index (κ2) is 6.80. The molecule has 1 aliphatic heterocycles. The monoisotopic (exact) mass is 341 g/mol. The molecule has 8 heteroatoms. The van der Waals surface area contributed by atoms with E-state index in [-0.39, 0.29) is 19.1 Å². The number of esters is 1. The molecule has 1 N–H and O–H groups in total. The van der Waals surface area contributed by atoms with Crippen LogP contribution in [-0.4, -0.2) is 41.4 Å². The van der Waals surface area contributed by atoms with E-state index in [0.717, 1.165) is 37.0 Å². The van der Waals surface area contributed by atoms with Gasteiger partial charge in [0.15, 0.2) is 0 Å². The molecule has 0 spiro atoms. The number of aromatic nitrogens is 2. The molecule has 0 bridgehead atoms. The zero-order chi connectivity index (χ0) is 17.2. The number of benzene rings is 1. The van der Waals surface area contributed by atoms with Crippen molar-refractivity contribution in [2.24, 2.45) is 0 Å². The van der Waals surface area contributed by atoms with Crippen LogP contribution in [0.4, 0.5) is 13.2 Å². The van der Waals surface area contributed by atoms with Crippen molar-refractivity contribution in [1.82, 2.24) is 14.9 Å². The molecule has 24 heavy (non-hydrogen) atoms. The Morgan fingerprint density at radius 2 is 2.00 bits per heavy atom. The number of hydrogen-bond acceptors (Lipinski definition) is 4. The van der Waals surface area contributed by atoms with Crippen LogP contribution in [0.3, 0.4) is 0 Å². The number of carbonyl (C=O) groups excluding carboxylic acids is 1. The van der Waals surface area contributed by atoms with Gasteiger partial charge in [0.1, 0.15) is 5.82 Å². The van der Waals surface area contributed by atoms with Crippen LogP contribution < -0.4 is 5.32 Å². The summed E-state index contributed by atoms with van der Waals surface area (Å²) in [5, 5.41) is 3.29. The van der Waals surface area contributed by atoms with Crippen molar-refractivity contribution in [2.75, 3.05) is 19.7 Å². The Balaban J connectivity index is 1.80. The highest BCUT2D eigenvalue weighted by Crippen LogP contribution is 2.27. The van der Waals surface area contributed by atoms with E-state index in [0.29, 0.717) is 5.82 Å². The average molecular weight is 341 g/mol. The summed E-state index contributed by atoms with van der Waals surface area (Å²) in [5.41, 5.74) is 1.76. The van der Waals surface area contributed by atoms with E-state index in [1.165, 1.54) is 0 Å². The average Bonchev–Trinajstić information content (AvgIpc) is 2.93. The van der Waals surface area contributed by atoms with Crippen LogP contribution >= 0.6 is 0 Å². The molecule has 5 nitrogen and oxygen atoms in total. The first kappa shape index (κ1) is 16.8. The Hall–Kier alpha value is -2.09. The Morgan fingerprint density at radius 3 is 2.71 bits per heavy atom. The molecule has 130 valence electrons. The molecule has 0 radical (unpaired) electrons. The lowest BCUT2D eigenvalue weighted by molar-refractivity contribution is -0.199. The van der Waals surface area contributed by atoms with E-state index < -0.39 is 12.1 Å². The molecule has 0 saturated carbocycles. The van der Waals surface area contributed by atoms with Crippen LogP contribution in [-0.2, 0) is 16.0 Å². The van der Waals surface area contributed by atoms with Crippen molar-refractivity contribution < 1.29 is 22.7 Å². The van der Waals surface area contributed by atoms with E-state index in [1.807, 2.05) is 24.3 Å². The second-order valence-electron chi connectivity index (χ2n) is 5.75. The van der Waals surface area contributed by atoms with Gasteiger partial charge in [0.2, 0.25) is 0 Å². The highest BCUT2D eigenvalue weighted by atomic mass is 19.4. The lowest BCUT2D eigenvalue weighted by Gasteiger charge is -2.26. The number of halogens is 3. The van der Waals surface area contributed by atoms with Gasteiger partial charge in [-0.3, -0.25) is 0 Å². The van der Waals surface area contributed by atoms with E-state index in [4.69, 9.17) is 0 Å². The summed E-state index contributed by atoms with van der Waals surface area (Å²) < 4.78 is 43.0. The van der Waals surface area contributed by atoms with E-state index in [1.54, 1.807) is 0 Å². The van der Waals surface area contributed by atoms with E-state index >= 15 is 0 Å². The van der Waals surface area contributed by atoms with Gasteiger partial charge >= 0.3 is 12.1 Å². The highest BCUT2D eigenvalue weighted by Gasteiger charge is 2.40. The Bertz CT molecular complexity index is 721. The quantitative estimate of drug-likeness (QED) is 0.869. The first-order valence-corrected chi connectivity index (χ1v) is 7.87. The van der Waals surface area contributed by atoms with Gasteiger partial charge in [-0.05, 0) is 38.1 Å². The fourth-order valence-corrected chi connectivity index (χ4v) is 3.06. The number of hydrogen-bond donors (Lipinski definition) is 1. The normalized spacial score (nSPS) is 16.5. The molecular formula is C16H18F3N3O2. The zero-order valence-electron chi connectivity index (χ0n) is 13.0. The van der Waals surface area contributed by atoms with Crippen LogP contribution in [0.2, 0.25) is 0 Å². The first-order chi connectivity index (χ1) is 11.5. The van der Waals surface area contributed by atoms with Gasteiger partial charge in [-0.25, -0.2) is 9.78 Å². The number of alkyl halides is 3. The smallest absolute Gasteiger partial charge is 0.459 e. The fraction of sp³-hybridized carbons (Fsp3) is 0.500. The molecule has 0 amide bonds. The van der Waals surface area contributed by atoms with Gasteiger partial charge < -0.3 is 14.6 Å². The Morgan fingerprint density at radius 1 is 1.29 bits per heavy atom. The largest absolute Gasteiger partial charge is 0.490 e. The predicted octanol–water partition coefficient (Wildman–Crippen LogP) is 2.61. The number of para-hydroxylation sites is 2. The van der Waals surface area contributed by atoms with Crippen molar-refractivity contribution in [3.8, 4) is 0 Å². The van der Waals surface area contributed by atoms with Crippen LogP contribution in [0.5, 0.6) is 0 Å². The summed E-state index contributed by atoms with van der Waals surface area (Å²) in [6.07, 6.45) is -2.96. The van der Waals surface area contributed by atoms with Crippen LogP contribution in [0.25, 0.3) is 11.0 Å². The topological polar surface area (TPSA) is 56.1 Å². The third kappa shape index (κ3) is 3.53. The van der Waals surface area contributed by atoms with Crippen molar-refractivity contribution in [2.45, 2.75) is 31.5 Å². The fourth-order valence-electron chi connectivity index (χ4n) is 3.06. The minimum atomic E-state index is -4.96. The maximum atomic E-state index is 12.2. The SMILES string of the molecule is O=C(OCCc1nc2ccccc2n1C1CCNCC1)C(F)(F)F. The molecule has 1 aromatic heterocycles. The molecule has 2 aromatic rings. The van der Waals surface area contributed by atoms with Crippen molar-refractivity contribution in [3.05, 3.63) is 30.1 Å². The summed E-state index contributed by atoms with van der Waals surface area (Å²) in [4.78, 5) is 15.3. The molecule has 3 rings (SSSR count). The van der Waals surface area contributed by atoms with Gasteiger partial charge in [0.05, 0.1) is 17.6 Å². The lowest BCUT2D eigenvalue weighted by Crippen LogP contribution is -2.30. The third-order valence-corrected chi connectivity index (χ3v) is 4.13. The van der Waals surface area contributed by atoms with Crippen molar-refractivity contribution in [1.29, 1.82) is 0 Å². The van der Waals surface area contributed by atoms with Gasteiger partial charge in [-0.1, -0.05) is 12.1 Å². The molecule has 1 aliphatic rings. The molecule has 0 unspecified atom stereocenters. The standard InChI is InChI=1S/C16H18F3N3O2/c17-16(18,19)15(23)24-10-7-14-21-12-3-1-2-4-13(12)22(14)11-5-8-20-9-6-11/h1-4,11,20H,5-10H2. The Kier molecular flexibility index (Phi) is 4.75. The summed E-state index contributed by atoms with van der Waals surface area (Å²) in [6, 6.07) is 7.85. The number of nitrogens with zero attached hydrogens (tertiary/aromatic N) is 2. The molecule has 1 fully saturated rings. The van der Waals surface area contributed by atoms with Crippen LogP contribution in [0, 0.1) is 0 Å². The third-order valence-electron chi connectivity index (χ3n) is 4.13. The molecule has 1 saturated heterocycles. The van der Waals surface area contributed by atoms with Crippen LogP contribution in [0.15, 0.2) is 24.3 Å². The van der Waals surface area contributed by atoms with E-state index in [2.05, 4.69) is 19.6 Å². The number of imidazole rings is 1. The lowest BCUT2D eigenvalue weighted by atomic mass is 10.1. The molecule has 0 atom stereocenters. The van der Waals surface area contributed by atoms with Crippen molar-refractivity contribution >= 4 is 17.0 Å². The number of rotatable bonds is 4. The predicted molar refractivity (Wildman–Crippen MR) is 81.6 cm³/mol. The second-order valence-corrected chi connectivity index (χ2v) is 5.75. The minimum Gasteiger partial charge on any atom is -0.459 e. The zero-order valence-corrected chi connectivity index (χ0v) is 13.0. The number of carbonyl (C=O) groups is 1. The minimum absolute atomic E-state index is 0.153. The number of nitrogens with one attached hydrogen (secondary N) is 1. The maximum Gasteiger partial charge on any atom is 0.490 e. The highest BCUT2D eigenvalue weighted by molar-refractivity contribution is 5.76. The number of ether oxygens (including phenoxy) is 1.